The van der Waals surface area contributed by atoms with E-state index in [0.717, 1.165) is 15.3 Å². The third-order valence-corrected chi connectivity index (χ3v) is 5.19. The molecule has 0 radical (unpaired) electrons. The Morgan fingerprint density at radius 3 is 2.82 bits per heavy atom. The van der Waals surface area contributed by atoms with E-state index in [1.165, 1.54) is 17.6 Å². The van der Waals surface area contributed by atoms with Gasteiger partial charge in [-0.05, 0) is 30.5 Å². The van der Waals surface area contributed by atoms with Crippen molar-refractivity contribution in [3.8, 4) is 10.8 Å². The topological polar surface area (TPSA) is 89.7 Å². The molecule has 8 heteroatoms. The average molecular weight is 396 g/mol. The molecular weight excluding hydrogens is 380 g/mol. The number of hydrogen-bond acceptors (Lipinski definition) is 7. The first-order chi connectivity index (χ1) is 13.5. The lowest BCUT2D eigenvalue weighted by molar-refractivity contribution is -0.145. The van der Waals surface area contributed by atoms with Crippen LogP contribution in [0.5, 0.6) is 0 Å². The minimum Gasteiger partial charge on any atom is -0.459 e. The van der Waals surface area contributed by atoms with Gasteiger partial charge >= 0.3 is 5.97 Å². The Labute approximate surface area is 164 Å². The number of fused-ring (bicyclic) bond motifs is 1. The van der Waals surface area contributed by atoms with Crippen LogP contribution in [0.1, 0.15) is 38.4 Å². The van der Waals surface area contributed by atoms with Crippen molar-refractivity contribution in [1.82, 2.24) is 9.88 Å². The molecule has 7 nitrogen and oxygen atoms in total. The van der Waals surface area contributed by atoms with Crippen LogP contribution in [0.4, 0.5) is 0 Å². The lowest BCUT2D eigenvalue weighted by Gasteiger charge is -2.12. The van der Waals surface area contributed by atoms with Crippen molar-refractivity contribution in [3.63, 3.8) is 0 Å². The molecule has 0 aliphatic carbocycles. The molecule has 1 aliphatic heterocycles. The fourth-order valence-corrected chi connectivity index (χ4v) is 3.58. The molecule has 2 amide bonds. The molecule has 1 aromatic carbocycles. The number of amides is 2. The normalized spacial score (nSPS) is 13.1. The number of carbonyl (C=O) groups is 3. The van der Waals surface area contributed by atoms with E-state index in [9.17, 15) is 14.4 Å². The number of aromatic nitrogens is 1. The van der Waals surface area contributed by atoms with Gasteiger partial charge in [-0.3, -0.25) is 19.3 Å². The van der Waals surface area contributed by atoms with E-state index >= 15 is 0 Å². The first-order valence-corrected chi connectivity index (χ1v) is 9.51. The van der Waals surface area contributed by atoms with Crippen molar-refractivity contribution in [1.29, 1.82) is 0 Å². The highest BCUT2D eigenvalue weighted by atomic mass is 32.1. The van der Waals surface area contributed by atoms with Crippen molar-refractivity contribution in [2.24, 2.45) is 0 Å². The highest BCUT2D eigenvalue weighted by molar-refractivity contribution is 7.13. The number of imide groups is 1. The SMILES string of the molecule is Cc1ccc2c(c1)C(=O)N(CCC(=O)OCc1coc(-c3cccs3)n1)C2=O. The second kappa shape index (κ2) is 7.40. The number of esters is 1. The van der Waals surface area contributed by atoms with Crippen LogP contribution in [-0.2, 0) is 16.1 Å². The molecule has 0 N–H and O–H groups in total. The Hall–Kier alpha value is -3.26. The summed E-state index contributed by atoms with van der Waals surface area (Å²) in [6, 6.07) is 8.88. The van der Waals surface area contributed by atoms with E-state index in [2.05, 4.69) is 4.98 Å². The predicted octanol–water partition coefficient (Wildman–Crippen LogP) is 3.44. The molecule has 1 aliphatic rings. The summed E-state index contributed by atoms with van der Waals surface area (Å²) in [5, 5.41) is 1.92. The van der Waals surface area contributed by atoms with Gasteiger partial charge < -0.3 is 9.15 Å². The molecule has 2 aromatic heterocycles. The Morgan fingerprint density at radius 1 is 1.21 bits per heavy atom. The Bertz CT molecular complexity index is 1050. The molecular formula is C20H16N2O5S. The second-order valence-electron chi connectivity index (χ2n) is 6.34. The molecule has 0 unspecified atom stereocenters. The zero-order valence-electron chi connectivity index (χ0n) is 15.0. The zero-order valence-corrected chi connectivity index (χ0v) is 15.8. The van der Waals surface area contributed by atoms with Crippen molar-refractivity contribution in [2.75, 3.05) is 6.54 Å². The van der Waals surface area contributed by atoms with Crippen LogP contribution < -0.4 is 0 Å². The standard InChI is InChI=1S/C20H16N2O5S/c1-12-4-5-14-15(9-12)20(25)22(19(14)24)7-6-17(23)26-10-13-11-27-18(21-13)16-3-2-8-28-16/h2-5,8-9,11H,6-7,10H2,1H3. The maximum Gasteiger partial charge on any atom is 0.307 e. The number of hydrogen-bond donors (Lipinski definition) is 0. The van der Waals surface area contributed by atoms with E-state index in [1.807, 2.05) is 24.4 Å². The molecule has 3 aromatic rings. The maximum absolute atomic E-state index is 12.4. The Kier molecular flexibility index (Phi) is 4.79. The molecule has 3 heterocycles. The summed E-state index contributed by atoms with van der Waals surface area (Å²) in [7, 11) is 0. The lowest BCUT2D eigenvalue weighted by atomic mass is 10.1. The highest BCUT2D eigenvalue weighted by Crippen LogP contribution is 2.25. The number of oxazole rings is 1. The molecule has 0 bridgehead atoms. The van der Waals surface area contributed by atoms with Crippen molar-refractivity contribution in [2.45, 2.75) is 20.0 Å². The van der Waals surface area contributed by atoms with Gasteiger partial charge in [-0.25, -0.2) is 4.98 Å². The Balaban J connectivity index is 1.31. The van der Waals surface area contributed by atoms with E-state index in [4.69, 9.17) is 9.15 Å². The summed E-state index contributed by atoms with van der Waals surface area (Å²) in [4.78, 5) is 43.0. The van der Waals surface area contributed by atoms with Crippen molar-refractivity contribution in [3.05, 3.63) is 64.4 Å². The van der Waals surface area contributed by atoms with Crippen LogP contribution in [-0.4, -0.2) is 34.2 Å². The summed E-state index contributed by atoms with van der Waals surface area (Å²) in [6.07, 6.45) is 1.36. The maximum atomic E-state index is 12.4. The van der Waals surface area contributed by atoms with Crippen molar-refractivity contribution >= 4 is 29.1 Å². The molecule has 0 saturated heterocycles. The minimum atomic E-state index is -0.520. The van der Waals surface area contributed by atoms with Gasteiger partial charge in [0.05, 0.1) is 22.4 Å². The fraction of sp³-hybridized carbons (Fsp3) is 0.200. The zero-order chi connectivity index (χ0) is 19.7. The van der Waals surface area contributed by atoms with Gasteiger partial charge in [0.2, 0.25) is 5.89 Å². The van der Waals surface area contributed by atoms with Crippen molar-refractivity contribution < 1.29 is 23.5 Å². The second-order valence-corrected chi connectivity index (χ2v) is 7.29. The number of benzene rings is 1. The number of rotatable bonds is 6. The summed E-state index contributed by atoms with van der Waals surface area (Å²) >= 11 is 1.50. The first-order valence-electron chi connectivity index (χ1n) is 8.63. The smallest absolute Gasteiger partial charge is 0.307 e. The monoisotopic (exact) mass is 396 g/mol. The van der Waals surface area contributed by atoms with Gasteiger partial charge in [0.25, 0.3) is 11.8 Å². The number of thiophene rings is 1. The van der Waals surface area contributed by atoms with Crippen LogP contribution in [0, 0.1) is 6.92 Å². The lowest BCUT2D eigenvalue weighted by Crippen LogP contribution is -2.32. The largest absolute Gasteiger partial charge is 0.459 e. The third-order valence-electron chi connectivity index (χ3n) is 4.33. The summed E-state index contributed by atoms with van der Waals surface area (Å²) in [6.45, 7) is 1.80. The van der Waals surface area contributed by atoms with Crippen LogP contribution in [0.15, 0.2) is 46.4 Å². The first kappa shape index (κ1) is 18.1. The van der Waals surface area contributed by atoms with Gasteiger partial charge in [-0.1, -0.05) is 17.7 Å². The van der Waals surface area contributed by atoms with E-state index in [0.29, 0.717) is 22.7 Å². The highest BCUT2D eigenvalue weighted by Gasteiger charge is 2.35. The molecule has 0 saturated carbocycles. The number of carbonyl (C=O) groups excluding carboxylic acids is 3. The molecule has 0 atom stereocenters. The number of ether oxygens (including phenoxy) is 1. The summed E-state index contributed by atoms with van der Waals surface area (Å²) in [5.74, 6) is -0.811. The van der Waals surface area contributed by atoms with Gasteiger partial charge in [-0.2, -0.15) is 0 Å². The average Bonchev–Trinajstić information content (AvgIpc) is 3.41. The summed E-state index contributed by atoms with van der Waals surface area (Å²) < 4.78 is 10.5. The molecule has 28 heavy (non-hydrogen) atoms. The molecule has 142 valence electrons. The van der Waals surface area contributed by atoms with Gasteiger partial charge in [-0.15, -0.1) is 11.3 Å². The van der Waals surface area contributed by atoms with Crippen LogP contribution >= 0.6 is 11.3 Å². The van der Waals surface area contributed by atoms with E-state index in [-0.39, 0.29) is 31.4 Å². The van der Waals surface area contributed by atoms with Crippen LogP contribution in [0.2, 0.25) is 0 Å². The quantitative estimate of drug-likeness (QED) is 0.468. The van der Waals surface area contributed by atoms with Crippen LogP contribution in [0.3, 0.4) is 0 Å². The summed E-state index contributed by atoms with van der Waals surface area (Å²) in [5.41, 5.74) is 2.14. The van der Waals surface area contributed by atoms with E-state index < -0.39 is 5.97 Å². The predicted molar refractivity (Wildman–Crippen MR) is 101 cm³/mol. The minimum absolute atomic E-state index is 0.0243. The molecule has 0 fully saturated rings. The third kappa shape index (κ3) is 3.46. The van der Waals surface area contributed by atoms with Gasteiger partial charge in [0.1, 0.15) is 18.6 Å². The fourth-order valence-electron chi connectivity index (χ4n) is 2.92. The number of aryl methyl sites for hydroxylation is 1. The van der Waals surface area contributed by atoms with Crippen LogP contribution in [0.25, 0.3) is 10.8 Å². The molecule has 0 spiro atoms. The molecule has 4 rings (SSSR count). The van der Waals surface area contributed by atoms with Gasteiger partial charge in [0.15, 0.2) is 0 Å². The van der Waals surface area contributed by atoms with E-state index in [1.54, 1.807) is 18.2 Å². The Morgan fingerprint density at radius 2 is 2.04 bits per heavy atom. The number of nitrogens with zero attached hydrogens (tertiary/aromatic N) is 2. The van der Waals surface area contributed by atoms with Gasteiger partial charge in [0, 0.05) is 6.54 Å².